The number of pyridine rings is 1. The highest BCUT2D eigenvalue weighted by molar-refractivity contribution is 7.86. The molecular formula is C14H15BrNO3S. The van der Waals surface area contributed by atoms with Gasteiger partial charge in [0.1, 0.15) is 6.61 Å². The second-order valence-corrected chi connectivity index (χ2v) is 5.65. The highest BCUT2D eigenvalue weighted by Crippen LogP contribution is 2.12. The van der Waals surface area contributed by atoms with Crippen LogP contribution in [-0.2, 0) is 20.8 Å². The van der Waals surface area contributed by atoms with Crippen molar-refractivity contribution in [3.8, 4) is 0 Å². The van der Waals surface area contributed by atoms with Gasteiger partial charge in [-0.3, -0.25) is 4.18 Å². The van der Waals surface area contributed by atoms with Crippen LogP contribution in [0, 0.1) is 6.92 Å². The summed E-state index contributed by atoms with van der Waals surface area (Å²) >= 11 is 0. The van der Waals surface area contributed by atoms with Gasteiger partial charge in [-0.25, -0.2) is 4.57 Å². The number of halogens is 1. The fraction of sp³-hybridized carbons (Fsp3) is 0.143. The van der Waals surface area contributed by atoms with Gasteiger partial charge < -0.3 is 17.0 Å². The van der Waals surface area contributed by atoms with Crippen LogP contribution < -0.4 is 21.5 Å². The lowest BCUT2D eigenvalue weighted by atomic mass is 10.2. The van der Waals surface area contributed by atoms with Gasteiger partial charge in [0.2, 0.25) is 0 Å². The number of hydrogen-bond acceptors (Lipinski definition) is 3. The summed E-state index contributed by atoms with van der Waals surface area (Å²) in [6.07, 6.45) is 3.71. The second-order valence-electron chi connectivity index (χ2n) is 4.03. The van der Waals surface area contributed by atoms with Crippen molar-refractivity contribution < 1.29 is 34.1 Å². The number of hydrogen-bond donors (Lipinski definition) is 0. The minimum Gasteiger partial charge on any atom is -1.00 e. The van der Waals surface area contributed by atoms with E-state index in [1.165, 1.54) is 12.1 Å². The first-order valence-corrected chi connectivity index (χ1v) is 7.24. The molecule has 1 aromatic heterocycles. The highest BCUT2D eigenvalue weighted by Gasteiger charge is 2.15. The third-order valence-electron chi connectivity index (χ3n) is 2.58. The van der Waals surface area contributed by atoms with E-state index in [0.717, 1.165) is 5.56 Å². The predicted octanol–water partition coefficient (Wildman–Crippen LogP) is -1.43. The smallest absolute Gasteiger partial charge is 0.297 e. The van der Waals surface area contributed by atoms with Crippen molar-refractivity contribution >= 4 is 10.1 Å². The maximum atomic E-state index is 11.9. The van der Waals surface area contributed by atoms with Crippen molar-refractivity contribution in [1.82, 2.24) is 0 Å². The first kappa shape index (κ1) is 16.8. The Hall–Kier alpha value is -1.24. The molecule has 0 spiro atoms. The van der Waals surface area contributed by atoms with E-state index >= 15 is 0 Å². The lowest BCUT2D eigenvalue weighted by molar-refractivity contribution is -0.697. The van der Waals surface area contributed by atoms with Gasteiger partial charge in [-0.05, 0) is 24.6 Å². The number of rotatable bonds is 5. The van der Waals surface area contributed by atoms with Crippen molar-refractivity contribution in [2.24, 2.45) is 0 Å². The topological polar surface area (TPSA) is 47.3 Å². The summed E-state index contributed by atoms with van der Waals surface area (Å²) in [4.78, 5) is 0.151. The molecule has 0 saturated heterocycles. The van der Waals surface area contributed by atoms with Crippen LogP contribution in [0.15, 0.2) is 59.8 Å². The molecule has 0 aliphatic heterocycles. The quantitative estimate of drug-likeness (QED) is 0.487. The van der Waals surface area contributed by atoms with Crippen LogP contribution in [-0.4, -0.2) is 15.0 Å². The van der Waals surface area contributed by atoms with Gasteiger partial charge in [-0.15, -0.1) is 0 Å². The van der Waals surface area contributed by atoms with Crippen LogP contribution in [0.4, 0.5) is 0 Å². The van der Waals surface area contributed by atoms with E-state index in [2.05, 4.69) is 6.92 Å². The standard InChI is InChI=1S/C14H15NO3S.BrH/c1-13-5-7-14(8-6-13)19(16,17)18-12-11-15-9-3-2-4-10-15;/h2-10H,1,11-12H2;1H/q+1;/p-1. The summed E-state index contributed by atoms with van der Waals surface area (Å²) in [5.74, 6) is 0. The maximum absolute atomic E-state index is 11.9. The molecule has 0 aliphatic carbocycles. The largest absolute Gasteiger partial charge is 1.00 e. The van der Waals surface area contributed by atoms with Gasteiger partial charge in [0.05, 0.1) is 4.90 Å². The summed E-state index contributed by atoms with van der Waals surface area (Å²) in [7, 11) is -3.69. The fourth-order valence-electron chi connectivity index (χ4n) is 1.56. The molecule has 20 heavy (non-hydrogen) atoms. The average molecular weight is 357 g/mol. The van der Waals surface area contributed by atoms with Crippen molar-refractivity contribution in [3.63, 3.8) is 0 Å². The highest BCUT2D eigenvalue weighted by atomic mass is 79.9. The normalized spacial score (nSPS) is 10.8. The molecule has 0 aliphatic rings. The van der Waals surface area contributed by atoms with Crippen molar-refractivity contribution in [3.05, 3.63) is 67.3 Å². The molecule has 0 saturated carbocycles. The third kappa shape index (κ3) is 4.70. The van der Waals surface area contributed by atoms with Crippen LogP contribution in [0.25, 0.3) is 0 Å². The molecule has 1 heterocycles. The van der Waals surface area contributed by atoms with E-state index in [0.29, 0.717) is 6.54 Å². The lowest BCUT2D eigenvalue weighted by Crippen LogP contribution is -3.00. The third-order valence-corrected chi connectivity index (χ3v) is 3.90. The molecule has 2 rings (SSSR count). The molecular weight excluding hydrogens is 342 g/mol. The van der Waals surface area contributed by atoms with E-state index < -0.39 is 10.1 Å². The van der Waals surface area contributed by atoms with Gasteiger partial charge in [0.15, 0.2) is 18.9 Å². The van der Waals surface area contributed by atoms with Crippen molar-refractivity contribution in [2.75, 3.05) is 6.61 Å². The van der Waals surface area contributed by atoms with Crippen molar-refractivity contribution in [2.45, 2.75) is 11.4 Å². The maximum Gasteiger partial charge on any atom is 0.297 e. The minimum atomic E-state index is -3.69. The van der Waals surface area contributed by atoms with E-state index in [4.69, 9.17) is 4.18 Å². The minimum absolute atomic E-state index is 0. The molecule has 107 valence electrons. The van der Waals surface area contributed by atoms with E-state index in [9.17, 15) is 8.42 Å². The fourth-order valence-corrected chi connectivity index (χ4v) is 2.46. The molecule has 0 amide bonds. The summed E-state index contributed by atoms with van der Waals surface area (Å²) in [5.41, 5.74) is 0.763. The molecule has 0 N–H and O–H groups in total. The Morgan fingerprint density at radius 1 is 1.05 bits per heavy atom. The molecule has 1 radical (unpaired) electrons. The van der Waals surface area contributed by atoms with Gasteiger partial charge in [-0.1, -0.05) is 18.2 Å². The van der Waals surface area contributed by atoms with Crippen LogP contribution in [0.5, 0.6) is 0 Å². The molecule has 6 heteroatoms. The first-order valence-electron chi connectivity index (χ1n) is 5.83. The van der Waals surface area contributed by atoms with Gasteiger partial charge >= 0.3 is 0 Å². The summed E-state index contributed by atoms with van der Waals surface area (Å²) in [5, 5.41) is 0. The zero-order valence-electron chi connectivity index (χ0n) is 10.8. The van der Waals surface area contributed by atoms with Gasteiger partial charge in [-0.2, -0.15) is 8.42 Å². The van der Waals surface area contributed by atoms with E-state index in [-0.39, 0.29) is 28.5 Å². The summed E-state index contributed by atoms with van der Waals surface area (Å²) < 4.78 is 30.6. The molecule has 4 nitrogen and oxygen atoms in total. The van der Waals surface area contributed by atoms with Gasteiger partial charge in [0.25, 0.3) is 10.1 Å². The molecule has 0 bridgehead atoms. The molecule has 0 fully saturated rings. The van der Waals surface area contributed by atoms with E-state index in [1.807, 2.05) is 35.2 Å². The van der Waals surface area contributed by atoms with Crippen LogP contribution in [0.1, 0.15) is 5.56 Å². The number of benzene rings is 1. The van der Waals surface area contributed by atoms with Gasteiger partial charge in [0, 0.05) is 12.1 Å². The Kier molecular flexibility index (Phi) is 6.32. The predicted molar refractivity (Wildman–Crippen MR) is 70.7 cm³/mol. The second kappa shape index (κ2) is 7.52. The summed E-state index contributed by atoms with van der Waals surface area (Å²) in [6, 6.07) is 11.9. The monoisotopic (exact) mass is 356 g/mol. The summed E-state index contributed by atoms with van der Waals surface area (Å²) in [6.45, 7) is 4.29. The Morgan fingerprint density at radius 3 is 2.25 bits per heavy atom. The van der Waals surface area contributed by atoms with Crippen LogP contribution in [0.2, 0.25) is 0 Å². The zero-order valence-corrected chi connectivity index (χ0v) is 13.2. The molecule has 1 aromatic carbocycles. The lowest BCUT2D eigenvalue weighted by Gasteiger charge is -2.04. The van der Waals surface area contributed by atoms with Crippen LogP contribution in [0.3, 0.4) is 0 Å². The molecule has 0 unspecified atom stereocenters. The average Bonchev–Trinajstić information content (AvgIpc) is 2.40. The molecule has 2 aromatic rings. The number of nitrogens with zero attached hydrogens (tertiary/aromatic N) is 1. The SMILES string of the molecule is [Br-].[CH2]c1ccc(S(=O)(=O)OCC[n+]2ccccc2)cc1. The number of aromatic nitrogens is 1. The Labute approximate surface area is 129 Å². The van der Waals surface area contributed by atoms with E-state index in [1.54, 1.807) is 12.1 Å². The Balaban J connectivity index is 0.00000200. The first-order chi connectivity index (χ1) is 9.08. The Morgan fingerprint density at radius 2 is 1.65 bits per heavy atom. The molecule has 0 atom stereocenters. The van der Waals surface area contributed by atoms with Crippen LogP contribution >= 0.6 is 0 Å². The Bertz CT molecular complexity index is 627. The van der Waals surface area contributed by atoms with Crippen molar-refractivity contribution in [1.29, 1.82) is 0 Å². The zero-order chi connectivity index (χ0) is 13.7.